The average molecular weight is 301 g/mol. The topological polar surface area (TPSA) is 38.1 Å². The molecule has 21 heavy (non-hydrogen) atoms. The Morgan fingerprint density at radius 3 is 2.48 bits per heavy atom. The number of pyridine rings is 1. The van der Waals surface area contributed by atoms with E-state index in [1.807, 2.05) is 45.2 Å². The zero-order valence-corrected chi connectivity index (χ0v) is 13.0. The summed E-state index contributed by atoms with van der Waals surface area (Å²) >= 11 is 6.03. The number of halogens is 1. The van der Waals surface area contributed by atoms with Gasteiger partial charge in [0.1, 0.15) is 11.3 Å². The smallest absolute Gasteiger partial charge is 0.134 e. The summed E-state index contributed by atoms with van der Waals surface area (Å²) in [6, 6.07) is 11.8. The molecule has 0 aliphatic heterocycles. The molecule has 2 aromatic heterocycles. The average Bonchev–Trinajstić information content (AvgIpc) is 2.81. The third kappa shape index (κ3) is 2.80. The number of benzene rings is 1. The Labute approximate surface area is 128 Å². The van der Waals surface area contributed by atoms with Gasteiger partial charge in [0.25, 0.3) is 0 Å². The summed E-state index contributed by atoms with van der Waals surface area (Å²) in [5.74, 6) is 0.875. The van der Waals surface area contributed by atoms with Crippen LogP contribution in [0.1, 0.15) is 28.8 Å². The summed E-state index contributed by atoms with van der Waals surface area (Å²) in [5, 5.41) is 5.04. The molecular formula is C17H17ClN2O. The molecule has 0 radical (unpaired) electrons. The summed E-state index contributed by atoms with van der Waals surface area (Å²) < 4.78 is 5.97. The minimum absolute atomic E-state index is 0.00317. The van der Waals surface area contributed by atoms with Crippen LogP contribution in [0.5, 0.6) is 0 Å². The Hall–Kier alpha value is -1.84. The Morgan fingerprint density at radius 2 is 1.81 bits per heavy atom. The summed E-state index contributed by atoms with van der Waals surface area (Å²) in [4.78, 5) is 4.42. The zero-order valence-electron chi connectivity index (χ0n) is 12.3. The first-order valence-electron chi connectivity index (χ1n) is 6.88. The van der Waals surface area contributed by atoms with Crippen molar-refractivity contribution in [3.05, 3.63) is 64.1 Å². The number of nitrogens with one attached hydrogen (secondary N) is 1. The molecule has 0 bridgehead atoms. The lowest BCUT2D eigenvalue weighted by Crippen LogP contribution is -2.17. The zero-order chi connectivity index (χ0) is 15.0. The van der Waals surface area contributed by atoms with Gasteiger partial charge in [0, 0.05) is 21.8 Å². The molecule has 3 aromatic rings. The van der Waals surface area contributed by atoms with Crippen LogP contribution in [0.3, 0.4) is 0 Å². The highest BCUT2D eigenvalue weighted by molar-refractivity contribution is 6.31. The molecule has 1 unspecified atom stereocenters. The van der Waals surface area contributed by atoms with Crippen LogP contribution in [0.4, 0.5) is 0 Å². The fourth-order valence-corrected chi connectivity index (χ4v) is 2.86. The van der Waals surface area contributed by atoms with Gasteiger partial charge in [-0.1, -0.05) is 11.6 Å². The summed E-state index contributed by atoms with van der Waals surface area (Å²) in [6.07, 6.45) is 0. The van der Waals surface area contributed by atoms with Crippen molar-refractivity contribution in [2.75, 3.05) is 7.05 Å². The highest BCUT2D eigenvalue weighted by atomic mass is 35.5. The lowest BCUT2D eigenvalue weighted by Gasteiger charge is -2.15. The lowest BCUT2D eigenvalue weighted by molar-refractivity contribution is 0.491. The van der Waals surface area contributed by atoms with E-state index in [9.17, 15) is 0 Å². The van der Waals surface area contributed by atoms with Crippen LogP contribution >= 0.6 is 11.6 Å². The van der Waals surface area contributed by atoms with E-state index in [1.165, 1.54) is 0 Å². The van der Waals surface area contributed by atoms with Crippen LogP contribution in [0.25, 0.3) is 11.0 Å². The van der Waals surface area contributed by atoms with Crippen LogP contribution in [0.2, 0.25) is 5.02 Å². The Bertz CT molecular complexity index is 774. The van der Waals surface area contributed by atoms with Crippen molar-refractivity contribution in [1.29, 1.82) is 0 Å². The number of fused-ring (bicyclic) bond motifs is 1. The molecule has 0 saturated heterocycles. The van der Waals surface area contributed by atoms with Gasteiger partial charge in [-0.25, -0.2) is 0 Å². The van der Waals surface area contributed by atoms with Gasteiger partial charge < -0.3 is 9.73 Å². The fraction of sp³-hybridized carbons (Fsp3) is 0.235. The molecule has 2 heterocycles. The van der Waals surface area contributed by atoms with Gasteiger partial charge >= 0.3 is 0 Å². The van der Waals surface area contributed by atoms with Crippen molar-refractivity contribution in [3.8, 4) is 0 Å². The van der Waals surface area contributed by atoms with Crippen LogP contribution in [-0.2, 0) is 0 Å². The molecule has 108 valence electrons. The Morgan fingerprint density at radius 1 is 1.10 bits per heavy atom. The number of rotatable bonds is 3. The largest absolute Gasteiger partial charge is 0.459 e. The molecule has 0 aliphatic carbocycles. The quantitative estimate of drug-likeness (QED) is 0.779. The van der Waals surface area contributed by atoms with E-state index >= 15 is 0 Å². The molecular weight excluding hydrogens is 284 g/mol. The van der Waals surface area contributed by atoms with E-state index < -0.39 is 0 Å². The lowest BCUT2D eigenvalue weighted by atomic mass is 10.0. The van der Waals surface area contributed by atoms with Gasteiger partial charge in [-0.2, -0.15) is 0 Å². The minimum Gasteiger partial charge on any atom is -0.459 e. The van der Waals surface area contributed by atoms with Crippen LogP contribution in [-0.4, -0.2) is 12.0 Å². The summed E-state index contributed by atoms with van der Waals surface area (Å²) in [7, 11) is 1.93. The Balaban J connectivity index is 2.08. The highest BCUT2D eigenvalue weighted by Gasteiger charge is 2.17. The molecule has 1 aromatic carbocycles. The first-order chi connectivity index (χ1) is 10.1. The maximum atomic E-state index is 6.03. The van der Waals surface area contributed by atoms with Gasteiger partial charge in [-0.05, 0) is 62.9 Å². The molecule has 1 atom stereocenters. The number of aryl methyl sites for hydroxylation is 2. The highest BCUT2D eigenvalue weighted by Crippen LogP contribution is 2.30. The third-order valence-corrected chi connectivity index (χ3v) is 3.74. The van der Waals surface area contributed by atoms with E-state index in [0.29, 0.717) is 5.02 Å². The van der Waals surface area contributed by atoms with Crippen LogP contribution in [0.15, 0.2) is 40.8 Å². The van der Waals surface area contributed by atoms with Crippen molar-refractivity contribution < 1.29 is 4.42 Å². The number of hydrogen-bond donors (Lipinski definition) is 1. The van der Waals surface area contributed by atoms with Gasteiger partial charge in [-0.15, -0.1) is 0 Å². The standard InChI is InChI=1S/C17H17ClN2O/c1-10-6-13(7-11(2)20-10)17(19-3)16-9-12-8-14(18)4-5-15(12)21-16/h4-9,17,19H,1-3H3. The molecule has 3 rings (SSSR count). The van der Waals surface area contributed by atoms with Crippen LogP contribution in [0, 0.1) is 13.8 Å². The SMILES string of the molecule is CNC(c1cc(C)nc(C)c1)c1cc2cc(Cl)ccc2o1. The predicted molar refractivity (Wildman–Crippen MR) is 85.8 cm³/mol. The second-order valence-corrected chi connectivity index (χ2v) is 5.67. The molecule has 0 saturated carbocycles. The number of aromatic nitrogens is 1. The Kier molecular flexibility index (Phi) is 3.70. The monoisotopic (exact) mass is 300 g/mol. The third-order valence-electron chi connectivity index (χ3n) is 3.51. The molecule has 0 spiro atoms. The molecule has 0 aliphatic rings. The fourth-order valence-electron chi connectivity index (χ4n) is 2.68. The normalized spacial score (nSPS) is 12.8. The second-order valence-electron chi connectivity index (χ2n) is 5.24. The number of furan rings is 1. The summed E-state index contributed by atoms with van der Waals surface area (Å²) in [6.45, 7) is 4.00. The first kappa shape index (κ1) is 14.1. The van der Waals surface area contributed by atoms with Gasteiger partial charge in [-0.3, -0.25) is 4.98 Å². The summed E-state index contributed by atoms with van der Waals surface area (Å²) in [5.41, 5.74) is 4.00. The van der Waals surface area contributed by atoms with Gasteiger partial charge in [0.05, 0.1) is 6.04 Å². The van der Waals surface area contributed by atoms with E-state index in [1.54, 1.807) is 0 Å². The molecule has 4 heteroatoms. The van der Waals surface area contributed by atoms with Crippen molar-refractivity contribution >= 4 is 22.6 Å². The maximum Gasteiger partial charge on any atom is 0.134 e. The molecule has 3 nitrogen and oxygen atoms in total. The number of nitrogens with zero attached hydrogens (tertiary/aromatic N) is 1. The maximum absolute atomic E-state index is 6.03. The van der Waals surface area contributed by atoms with Crippen LogP contribution < -0.4 is 5.32 Å². The number of hydrogen-bond acceptors (Lipinski definition) is 3. The van der Waals surface area contributed by atoms with Crippen molar-refractivity contribution in [3.63, 3.8) is 0 Å². The van der Waals surface area contributed by atoms with Crippen molar-refractivity contribution in [1.82, 2.24) is 10.3 Å². The second kappa shape index (κ2) is 5.51. The van der Waals surface area contributed by atoms with Crippen molar-refractivity contribution in [2.24, 2.45) is 0 Å². The molecule has 1 N–H and O–H groups in total. The first-order valence-corrected chi connectivity index (χ1v) is 7.26. The van der Waals surface area contributed by atoms with E-state index in [4.69, 9.17) is 16.0 Å². The van der Waals surface area contributed by atoms with Gasteiger partial charge in [0.2, 0.25) is 0 Å². The molecule has 0 fully saturated rings. The minimum atomic E-state index is -0.00317. The predicted octanol–water partition coefficient (Wildman–Crippen LogP) is 4.41. The van der Waals surface area contributed by atoms with E-state index in [-0.39, 0.29) is 6.04 Å². The van der Waals surface area contributed by atoms with Gasteiger partial charge in [0.15, 0.2) is 0 Å². The van der Waals surface area contributed by atoms with Crippen molar-refractivity contribution in [2.45, 2.75) is 19.9 Å². The van der Waals surface area contributed by atoms with E-state index in [2.05, 4.69) is 22.4 Å². The molecule has 0 amide bonds. The van der Waals surface area contributed by atoms with E-state index in [0.717, 1.165) is 33.7 Å².